The zero-order valence-electron chi connectivity index (χ0n) is 9.18. The third-order valence-electron chi connectivity index (χ3n) is 2.72. The van der Waals surface area contributed by atoms with Crippen LogP contribution in [0.3, 0.4) is 0 Å². The molecule has 1 aliphatic heterocycles. The van der Waals surface area contributed by atoms with Crippen LogP contribution in [-0.2, 0) is 0 Å². The lowest BCUT2D eigenvalue weighted by Crippen LogP contribution is -2.52. The quantitative estimate of drug-likeness (QED) is 0.706. The predicted molar refractivity (Wildman–Crippen MR) is 57.3 cm³/mol. The van der Waals surface area contributed by atoms with E-state index in [2.05, 4.69) is 24.5 Å². The van der Waals surface area contributed by atoms with Crippen LogP contribution >= 0.6 is 0 Å². The highest BCUT2D eigenvalue weighted by Crippen LogP contribution is 1.99. The van der Waals surface area contributed by atoms with Crippen molar-refractivity contribution in [3.63, 3.8) is 0 Å². The van der Waals surface area contributed by atoms with Crippen LogP contribution in [0.5, 0.6) is 0 Å². The molecule has 1 fully saturated rings. The number of hydrogen-bond acceptors (Lipinski definition) is 2. The zero-order valence-corrected chi connectivity index (χ0v) is 9.18. The van der Waals surface area contributed by atoms with Crippen molar-refractivity contribution in [1.82, 2.24) is 15.5 Å². The van der Waals surface area contributed by atoms with Gasteiger partial charge < -0.3 is 15.5 Å². The molecule has 0 radical (unpaired) electrons. The Bertz CT molecular complexity index is 174. The van der Waals surface area contributed by atoms with E-state index in [4.69, 9.17) is 0 Å². The number of nitrogens with one attached hydrogen (secondary N) is 2. The van der Waals surface area contributed by atoms with Crippen LogP contribution in [0.4, 0.5) is 4.79 Å². The Labute approximate surface area is 86.0 Å². The van der Waals surface area contributed by atoms with Crippen molar-refractivity contribution in [2.45, 2.75) is 32.7 Å². The molecule has 1 saturated heterocycles. The van der Waals surface area contributed by atoms with E-state index < -0.39 is 0 Å². The smallest absolute Gasteiger partial charge is 0.317 e. The first-order valence-corrected chi connectivity index (χ1v) is 5.54. The molecule has 4 nitrogen and oxygen atoms in total. The lowest BCUT2D eigenvalue weighted by Gasteiger charge is -2.29. The van der Waals surface area contributed by atoms with Gasteiger partial charge in [-0.15, -0.1) is 0 Å². The molecule has 0 spiro atoms. The summed E-state index contributed by atoms with van der Waals surface area (Å²) in [5, 5.41) is 6.27. The minimum Gasteiger partial charge on any atom is -0.335 e. The molecule has 0 aliphatic carbocycles. The molecule has 4 heteroatoms. The first-order valence-electron chi connectivity index (χ1n) is 5.54. The van der Waals surface area contributed by atoms with E-state index in [1.165, 1.54) is 0 Å². The van der Waals surface area contributed by atoms with E-state index in [0.29, 0.717) is 6.04 Å². The van der Waals surface area contributed by atoms with Crippen LogP contribution in [0.25, 0.3) is 0 Å². The number of carbonyl (C=O) groups is 1. The Morgan fingerprint density at radius 1 is 1.36 bits per heavy atom. The van der Waals surface area contributed by atoms with Crippen LogP contribution in [0, 0.1) is 0 Å². The van der Waals surface area contributed by atoms with Crippen LogP contribution in [0.15, 0.2) is 0 Å². The minimum absolute atomic E-state index is 0.0974. The number of hydrogen-bond donors (Lipinski definition) is 2. The van der Waals surface area contributed by atoms with Gasteiger partial charge in [-0.05, 0) is 12.8 Å². The molecule has 2 N–H and O–H groups in total. The zero-order chi connectivity index (χ0) is 10.4. The van der Waals surface area contributed by atoms with Gasteiger partial charge in [-0.3, -0.25) is 0 Å². The molecule has 0 aromatic heterocycles. The fourth-order valence-electron chi connectivity index (χ4n) is 1.63. The maximum Gasteiger partial charge on any atom is 0.317 e. The van der Waals surface area contributed by atoms with E-state index in [-0.39, 0.29) is 6.03 Å². The third kappa shape index (κ3) is 3.18. The largest absolute Gasteiger partial charge is 0.335 e. The van der Waals surface area contributed by atoms with Crippen molar-refractivity contribution < 1.29 is 4.79 Å². The highest BCUT2D eigenvalue weighted by Gasteiger charge is 2.17. The summed E-state index contributed by atoms with van der Waals surface area (Å²) in [7, 11) is 0. The Hall–Kier alpha value is -0.770. The monoisotopic (exact) mass is 199 g/mol. The van der Waals surface area contributed by atoms with Gasteiger partial charge >= 0.3 is 6.03 Å². The highest BCUT2D eigenvalue weighted by molar-refractivity contribution is 5.74. The molecule has 1 heterocycles. The lowest BCUT2D eigenvalue weighted by atomic mass is 10.2. The van der Waals surface area contributed by atoms with Gasteiger partial charge in [0.2, 0.25) is 0 Å². The number of urea groups is 1. The molecule has 0 aromatic carbocycles. The van der Waals surface area contributed by atoms with E-state index in [9.17, 15) is 4.79 Å². The maximum atomic E-state index is 11.7. The first-order chi connectivity index (χ1) is 6.77. The van der Waals surface area contributed by atoms with Gasteiger partial charge in [0.05, 0.1) is 0 Å². The molecular formula is C10H21N3O. The fourth-order valence-corrected chi connectivity index (χ4v) is 1.63. The van der Waals surface area contributed by atoms with E-state index in [0.717, 1.165) is 39.0 Å². The Morgan fingerprint density at radius 3 is 2.43 bits per heavy atom. The molecule has 2 amide bonds. The number of rotatable bonds is 3. The van der Waals surface area contributed by atoms with Crippen molar-refractivity contribution in [2.75, 3.05) is 26.2 Å². The summed E-state index contributed by atoms with van der Waals surface area (Å²) in [5.74, 6) is 0. The van der Waals surface area contributed by atoms with Gasteiger partial charge in [0.15, 0.2) is 0 Å². The summed E-state index contributed by atoms with van der Waals surface area (Å²) in [5.41, 5.74) is 0. The summed E-state index contributed by atoms with van der Waals surface area (Å²) in [4.78, 5) is 13.6. The van der Waals surface area contributed by atoms with Crippen molar-refractivity contribution in [3.8, 4) is 0 Å². The van der Waals surface area contributed by atoms with E-state index in [1.807, 2.05) is 4.90 Å². The summed E-state index contributed by atoms with van der Waals surface area (Å²) in [6.07, 6.45) is 2.02. The van der Waals surface area contributed by atoms with Gasteiger partial charge in [0, 0.05) is 32.2 Å². The second-order valence-electron chi connectivity index (χ2n) is 3.70. The molecule has 0 unspecified atom stereocenters. The molecule has 14 heavy (non-hydrogen) atoms. The fraction of sp³-hybridized carbons (Fsp3) is 0.900. The first kappa shape index (κ1) is 11.3. The summed E-state index contributed by atoms with van der Waals surface area (Å²) in [6.45, 7) is 7.68. The van der Waals surface area contributed by atoms with Gasteiger partial charge in [-0.25, -0.2) is 4.79 Å². The summed E-state index contributed by atoms with van der Waals surface area (Å²) < 4.78 is 0. The summed E-state index contributed by atoms with van der Waals surface area (Å²) in [6, 6.07) is 0.428. The van der Waals surface area contributed by atoms with Crippen molar-refractivity contribution in [2.24, 2.45) is 0 Å². The molecule has 1 rings (SSSR count). The molecule has 0 aromatic rings. The Kier molecular flexibility index (Phi) is 4.73. The lowest BCUT2D eigenvalue weighted by molar-refractivity contribution is 0.185. The Balaban J connectivity index is 2.32. The summed E-state index contributed by atoms with van der Waals surface area (Å²) >= 11 is 0. The van der Waals surface area contributed by atoms with Gasteiger partial charge in [-0.1, -0.05) is 13.8 Å². The number of nitrogens with zero attached hydrogens (tertiary/aromatic N) is 1. The average molecular weight is 199 g/mol. The third-order valence-corrected chi connectivity index (χ3v) is 2.72. The van der Waals surface area contributed by atoms with Gasteiger partial charge in [0.1, 0.15) is 0 Å². The number of piperazine rings is 1. The normalized spacial score (nSPS) is 17.2. The van der Waals surface area contributed by atoms with Gasteiger partial charge in [-0.2, -0.15) is 0 Å². The van der Waals surface area contributed by atoms with Crippen molar-refractivity contribution in [3.05, 3.63) is 0 Å². The molecular weight excluding hydrogens is 178 g/mol. The standard InChI is InChI=1S/C10H21N3O/c1-3-9(4-2)12-10(14)13-7-5-11-6-8-13/h9,11H,3-8H2,1-2H3,(H,12,14). The van der Waals surface area contributed by atoms with Gasteiger partial charge in [0.25, 0.3) is 0 Å². The molecule has 1 aliphatic rings. The molecule has 0 atom stereocenters. The van der Waals surface area contributed by atoms with Crippen LogP contribution in [-0.4, -0.2) is 43.2 Å². The highest BCUT2D eigenvalue weighted by atomic mass is 16.2. The second kappa shape index (κ2) is 5.86. The second-order valence-corrected chi connectivity index (χ2v) is 3.70. The van der Waals surface area contributed by atoms with E-state index >= 15 is 0 Å². The predicted octanol–water partition coefficient (Wildman–Crippen LogP) is 0.790. The SMILES string of the molecule is CCC(CC)NC(=O)N1CCNCC1. The molecule has 82 valence electrons. The number of carbonyl (C=O) groups excluding carboxylic acids is 1. The Morgan fingerprint density at radius 2 is 1.93 bits per heavy atom. The topological polar surface area (TPSA) is 44.4 Å². The van der Waals surface area contributed by atoms with Crippen molar-refractivity contribution in [1.29, 1.82) is 0 Å². The van der Waals surface area contributed by atoms with Crippen LogP contribution in [0.1, 0.15) is 26.7 Å². The molecule has 0 bridgehead atoms. The minimum atomic E-state index is 0.0974. The average Bonchev–Trinajstić information content (AvgIpc) is 2.26. The maximum absolute atomic E-state index is 11.7. The number of amides is 2. The van der Waals surface area contributed by atoms with E-state index in [1.54, 1.807) is 0 Å². The van der Waals surface area contributed by atoms with Crippen molar-refractivity contribution >= 4 is 6.03 Å². The van der Waals surface area contributed by atoms with Crippen LogP contribution < -0.4 is 10.6 Å². The van der Waals surface area contributed by atoms with Crippen LogP contribution in [0.2, 0.25) is 0 Å². The molecule has 0 saturated carbocycles.